The number of sulfonamides is 1. The number of halogens is 2. The molecule has 4 amide bonds. The van der Waals surface area contributed by atoms with Crippen LogP contribution >= 0.6 is 22.9 Å². The van der Waals surface area contributed by atoms with E-state index in [1.54, 1.807) is 50.9 Å². The summed E-state index contributed by atoms with van der Waals surface area (Å²) in [6.45, 7) is 5.64. The summed E-state index contributed by atoms with van der Waals surface area (Å²) < 4.78 is 58.4. The smallest absolute Gasteiger partial charge is 0.349 e. The van der Waals surface area contributed by atoms with E-state index in [1.807, 2.05) is 24.3 Å². The van der Waals surface area contributed by atoms with Crippen LogP contribution in [0.2, 0.25) is 5.02 Å². The molecular formula is C48H53ClFN7O11S2. The number of aromatic carboxylic acids is 1. The summed E-state index contributed by atoms with van der Waals surface area (Å²) in [5, 5.41) is 18.3. The number of likely N-dealkylation sites (tertiary alicyclic amines) is 1. The summed E-state index contributed by atoms with van der Waals surface area (Å²) in [5.74, 6) is -4.35. The number of imidazole rings is 1. The van der Waals surface area contributed by atoms with Crippen LogP contribution < -0.4 is 26.4 Å². The van der Waals surface area contributed by atoms with Gasteiger partial charge in [-0.05, 0) is 100 Å². The number of fused-ring (bicyclic) bond motifs is 1. The third-order valence-corrected chi connectivity index (χ3v) is 16.2. The molecule has 0 bridgehead atoms. The van der Waals surface area contributed by atoms with Crippen LogP contribution in [0, 0.1) is 5.82 Å². The Balaban J connectivity index is 0.839. The molecule has 0 spiro atoms. The largest absolute Gasteiger partial charge is 0.479 e. The standard InChI is InChI=1S/C48H53ClFN7O11S2/c1-48(2,3)68-38(59)25-67-41-39(49)42(69-43(41)45(61)62)29-7-5-9-32(23-29)51-31-17-21-56(22-18-31)70(65,66)26-30-8-6-10-33(40(30)50)52-46(63)55-19-15-27(16-20-55)28-11-12-34-36(24-28)54(4)47(64)57(34)35-13-14-37(58)53-44(35)60/h5-12,23-24,27,31,35,51H,13-22,25-26H2,1-4H3,(H,52,63)(H,61,62)(H,53,58,60). The van der Waals surface area contributed by atoms with Crippen LogP contribution in [-0.2, 0) is 41.9 Å². The lowest BCUT2D eigenvalue weighted by atomic mass is 9.89. The van der Waals surface area contributed by atoms with Crippen molar-refractivity contribution in [2.75, 3.05) is 43.4 Å². The average molecular weight is 1020 g/mol. The number of aryl methyl sites for hydroxylation is 1. The van der Waals surface area contributed by atoms with Crippen LogP contribution in [0.25, 0.3) is 21.5 Å². The van der Waals surface area contributed by atoms with E-state index in [9.17, 15) is 42.3 Å². The van der Waals surface area contributed by atoms with E-state index in [1.165, 1.54) is 31.6 Å². The highest BCUT2D eigenvalue weighted by atomic mass is 35.5. The fourth-order valence-electron chi connectivity index (χ4n) is 9.17. The van der Waals surface area contributed by atoms with Gasteiger partial charge in [-0.1, -0.05) is 41.9 Å². The number of carbonyl (C=O) groups excluding carboxylic acids is 4. The lowest BCUT2D eigenvalue weighted by molar-refractivity contribution is -0.157. The SMILES string of the molecule is Cn1c(=O)n(C2CCC(=O)NC2=O)c2ccc(C3CCN(C(=O)Nc4cccc(CS(=O)(=O)N5CCC(Nc6cccc(-c7sc(C(=O)O)c(OCC(=O)OC(C)(C)C)c7Cl)c6)CC5)c4F)CC3)cc21. The molecule has 22 heteroatoms. The summed E-state index contributed by atoms with van der Waals surface area (Å²) in [5.41, 5.74) is 2.15. The van der Waals surface area contributed by atoms with Crippen molar-refractivity contribution in [3.8, 4) is 16.2 Å². The van der Waals surface area contributed by atoms with Gasteiger partial charge in [0, 0.05) is 56.9 Å². The Morgan fingerprint density at radius 1 is 0.943 bits per heavy atom. The Bertz CT molecular complexity index is 3060. The second-order valence-corrected chi connectivity index (χ2v) is 22.0. The molecule has 0 aliphatic carbocycles. The third-order valence-electron chi connectivity index (χ3n) is 12.6. The van der Waals surface area contributed by atoms with Gasteiger partial charge < -0.3 is 30.1 Å². The summed E-state index contributed by atoms with van der Waals surface area (Å²) >= 11 is 7.55. The van der Waals surface area contributed by atoms with Crippen molar-refractivity contribution < 1.29 is 51.4 Å². The Hall–Kier alpha value is -6.29. The van der Waals surface area contributed by atoms with Crippen molar-refractivity contribution in [1.82, 2.24) is 23.7 Å². The molecule has 18 nitrogen and oxygen atoms in total. The van der Waals surface area contributed by atoms with Gasteiger partial charge in [-0.15, -0.1) is 11.3 Å². The maximum absolute atomic E-state index is 15.9. The first-order valence-corrected chi connectivity index (χ1v) is 25.6. The Labute approximate surface area is 411 Å². The molecular weight excluding hydrogens is 969 g/mol. The number of benzene rings is 3. The highest BCUT2D eigenvalue weighted by Crippen LogP contribution is 2.46. The maximum atomic E-state index is 15.9. The predicted molar refractivity (Wildman–Crippen MR) is 261 cm³/mol. The van der Waals surface area contributed by atoms with Crippen molar-refractivity contribution >= 4 is 85.2 Å². The number of thiophene rings is 1. The molecule has 3 aliphatic heterocycles. The number of ether oxygens (including phenoxy) is 2. The number of carbonyl (C=O) groups is 5. The Kier molecular flexibility index (Phi) is 14.5. The molecule has 5 heterocycles. The fraction of sp³-hybridized carbons (Fsp3) is 0.417. The summed E-state index contributed by atoms with van der Waals surface area (Å²) in [4.78, 5) is 77.2. The number of urea groups is 1. The molecule has 70 heavy (non-hydrogen) atoms. The monoisotopic (exact) mass is 1020 g/mol. The zero-order chi connectivity index (χ0) is 50.2. The second kappa shape index (κ2) is 20.2. The van der Waals surface area contributed by atoms with Crippen LogP contribution in [0.15, 0.2) is 65.5 Å². The summed E-state index contributed by atoms with van der Waals surface area (Å²) in [7, 11) is -2.33. The topological polar surface area (TPSA) is 228 Å². The van der Waals surface area contributed by atoms with Gasteiger partial charge in [0.15, 0.2) is 23.1 Å². The second-order valence-electron chi connectivity index (χ2n) is 18.6. The molecule has 3 aliphatic rings. The van der Waals surface area contributed by atoms with Crippen molar-refractivity contribution in [2.24, 2.45) is 7.05 Å². The lowest BCUT2D eigenvalue weighted by Crippen LogP contribution is -2.44. The minimum atomic E-state index is -3.97. The number of hydrogen-bond donors (Lipinski definition) is 4. The number of carboxylic acid groups (broad SMARTS) is 1. The lowest BCUT2D eigenvalue weighted by Gasteiger charge is -2.32. The van der Waals surface area contributed by atoms with Crippen molar-refractivity contribution in [1.29, 1.82) is 0 Å². The third kappa shape index (κ3) is 10.9. The molecule has 8 rings (SSSR count). The van der Waals surface area contributed by atoms with Crippen LogP contribution in [0.3, 0.4) is 0 Å². The number of imide groups is 1. The molecule has 3 fully saturated rings. The zero-order valence-electron chi connectivity index (χ0n) is 38.9. The van der Waals surface area contributed by atoms with Crippen molar-refractivity contribution in [2.45, 2.75) is 88.7 Å². The van der Waals surface area contributed by atoms with Gasteiger partial charge in [0.1, 0.15) is 16.7 Å². The number of carboxylic acids is 1. The first-order chi connectivity index (χ1) is 33.2. The minimum Gasteiger partial charge on any atom is -0.479 e. The zero-order valence-corrected chi connectivity index (χ0v) is 41.3. The Morgan fingerprint density at radius 3 is 2.34 bits per heavy atom. The van der Waals surface area contributed by atoms with Crippen LogP contribution in [0.5, 0.6) is 5.75 Å². The van der Waals surface area contributed by atoms with Gasteiger partial charge in [0.2, 0.25) is 21.8 Å². The normalized spacial score (nSPS) is 17.6. The first-order valence-electron chi connectivity index (χ1n) is 22.8. The summed E-state index contributed by atoms with van der Waals surface area (Å²) in [6.07, 6.45) is 2.44. The molecule has 3 aromatic carbocycles. The minimum absolute atomic E-state index is 0.0360. The number of piperidine rings is 3. The van der Waals surface area contributed by atoms with Gasteiger partial charge in [-0.2, -0.15) is 0 Å². The van der Waals surface area contributed by atoms with Gasteiger partial charge in [0.05, 0.1) is 27.4 Å². The summed E-state index contributed by atoms with van der Waals surface area (Å²) in [6, 6.07) is 15.6. The number of anilines is 2. The molecule has 1 unspecified atom stereocenters. The van der Waals surface area contributed by atoms with Gasteiger partial charge in [0.25, 0.3) is 0 Å². The van der Waals surface area contributed by atoms with Crippen molar-refractivity contribution in [3.05, 3.63) is 98.0 Å². The number of rotatable bonds is 13. The highest BCUT2D eigenvalue weighted by molar-refractivity contribution is 7.88. The predicted octanol–water partition coefficient (Wildman–Crippen LogP) is 7.08. The van der Waals surface area contributed by atoms with Crippen LogP contribution in [-0.4, -0.2) is 106 Å². The molecule has 4 N–H and O–H groups in total. The van der Waals surface area contributed by atoms with E-state index < -0.39 is 63.7 Å². The highest BCUT2D eigenvalue weighted by Gasteiger charge is 2.34. The number of nitrogens with zero attached hydrogens (tertiary/aromatic N) is 4. The molecule has 1 atom stereocenters. The average Bonchev–Trinajstić information content (AvgIpc) is 3.77. The molecule has 372 valence electrons. The fourth-order valence-corrected chi connectivity index (χ4v) is 12.1. The molecule has 0 saturated carbocycles. The number of hydrogen-bond acceptors (Lipinski definition) is 12. The van der Waals surface area contributed by atoms with Crippen LogP contribution in [0.4, 0.5) is 20.6 Å². The van der Waals surface area contributed by atoms with Gasteiger partial charge in [-0.25, -0.2) is 36.3 Å². The van der Waals surface area contributed by atoms with E-state index in [-0.39, 0.29) is 76.4 Å². The van der Waals surface area contributed by atoms with Crippen LogP contribution in [0.1, 0.15) is 92.1 Å². The van der Waals surface area contributed by atoms with E-state index in [4.69, 9.17) is 21.1 Å². The number of amides is 4. The van der Waals surface area contributed by atoms with E-state index in [0.717, 1.165) is 16.9 Å². The Morgan fingerprint density at radius 2 is 1.66 bits per heavy atom. The maximum Gasteiger partial charge on any atom is 0.349 e. The molecule has 5 aromatic rings. The number of esters is 1. The van der Waals surface area contributed by atoms with E-state index in [2.05, 4.69) is 16.0 Å². The van der Waals surface area contributed by atoms with E-state index in [0.29, 0.717) is 65.9 Å². The number of nitrogens with one attached hydrogen (secondary N) is 3. The molecule has 3 saturated heterocycles. The van der Waals surface area contributed by atoms with E-state index >= 15 is 4.39 Å². The number of aromatic nitrogens is 2. The van der Waals surface area contributed by atoms with Gasteiger partial charge in [-0.3, -0.25) is 24.0 Å². The quantitative estimate of drug-likeness (QED) is 0.0686. The molecule has 2 aromatic heterocycles. The molecule has 0 radical (unpaired) electrons. The van der Waals surface area contributed by atoms with Gasteiger partial charge >= 0.3 is 23.7 Å². The van der Waals surface area contributed by atoms with Crippen molar-refractivity contribution in [3.63, 3.8) is 0 Å². The first kappa shape index (κ1) is 50.1.